The van der Waals surface area contributed by atoms with Crippen molar-refractivity contribution in [3.63, 3.8) is 0 Å². The summed E-state index contributed by atoms with van der Waals surface area (Å²) in [6.45, 7) is 8.14. The molecule has 0 N–H and O–H groups in total. The van der Waals surface area contributed by atoms with E-state index < -0.39 is 0 Å². The van der Waals surface area contributed by atoms with Crippen LogP contribution >= 0.6 is 0 Å². The van der Waals surface area contributed by atoms with Gasteiger partial charge in [0.25, 0.3) is 0 Å². The monoisotopic (exact) mass is 379 g/mol. The molecule has 1 aromatic carbocycles. The Morgan fingerprint density at radius 2 is 2.11 bits per heavy atom. The third-order valence-electron chi connectivity index (χ3n) is 6.06. The van der Waals surface area contributed by atoms with E-state index in [0.29, 0.717) is 19.0 Å². The number of rotatable bonds is 3. The third-order valence-corrected chi connectivity index (χ3v) is 6.06. The maximum Gasteiger partial charge on any atom is 0.219 e. The number of aryl methyl sites for hydroxylation is 1. The highest BCUT2D eigenvalue weighted by Crippen LogP contribution is 2.31. The van der Waals surface area contributed by atoms with Gasteiger partial charge in [-0.15, -0.1) is 0 Å². The number of ether oxygens (including phenoxy) is 1. The Balaban J connectivity index is 1.50. The zero-order chi connectivity index (χ0) is 19.5. The summed E-state index contributed by atoms with van der Waals surface area (Å²) in [6.07, 6.45) is 6.15. The summed E-state index contributed by atoms with van der Waals surface area (Å²) < 4.78 is 6.47. The van der Waals surface area contributed by atoms with E-state index in [2.05, 4.69) is 28.9 Å². The largest absolute Gasteiger partial charge is 0.488 e. The standard InChI is InChI=1S/C23H29N3O2/c1-17-12-24-10-9-19(17)13-25-11-5-7-20(14-25)23-16-26(18(2)27)15-21-6-3-4-8-22(21)28-23/h3-4,6,8-10,12,20,23H,5,7,11,13-16H2,1-2H3. The number of likely N-dealkylation sites (tertiary alicyclic amines) is 1. The number of pyridine rings is 1. The fourth-order valence-corrected chi connectivity index (χ4v) is 4.38. The van der Waals surface area contributed by atoms with E-state index >= 15 is 0 Å². The van der Waals surface area contributed by atoms with Gasteiger partial charge in [-0.25, -0.2) is 0 Å². The number of para-hydroxylation sites is 1. The summed E-state index contributed by atoms with van der Waals surface area (Å²) >= 11 is 0. The van der Waals surface area contributed by atoms with Gasteiger partial charge in [-0.1, -0.05) is 18.2 Å². The zero-order valence-corrected chi connectivity index (χ0v) is 16.8. The molecule has 2 aliphatic rings. The molecule has 0 radical (unpaired) electrons. The summed E-state index contributed by atoms with van der Waals surface area (Å²) in [6, 6.07) is 10.2. The van der Waals surface area contributed by atoms with Gasteiger partial charge in [0, 0.05) is 50.4 Å². The molecule has 2 aromatic rings. The summed E-state index contributed by atoms with van der Waals surface area (Å²) in [7, 11) is 0. The average molecular weight is 380 g/mol. The fourth-order valence-electron chi connectivity index (χ4n) is 4.38. The number of carbonyl (C=O) groups is 1. The molecular formula is C23H29N3O2. The molecule has 4 rings (SSSR count). The number of nitrogens with zero attached hydrogens (tertiary/aromatic N) is 3. The zero-order valence-electron chi connectivity index (χ0n) is 16.8. The summed E-state index contributed by atoms with van der Waals surface area (Å²) in [5, 5.41) is 0. The number of hydrogen-bond donors (Lipinski definition) is 0. The van der Waals surface area contributed by atoms with Gasteiger partial charge < -0.3 is 9.64 Å². The summed E-state index contributed by atoms with van der Waals surface area (Å²) in [5.74, 6) is 1.47. The van der Waals surface area contributed by atoms with E-state index in [1.807, 2.05) is 35.5 Å². The van der Waals surface area contributed by atoms with Crippen LogP contribution < -0.4 is 4.74 Å². The minimum absolute atomic E-state index is 0.0360. The van der Waals surface area contributed by atoms with Crippen LogP contribution in [-0.2, 0) is 17.9 Å². The lowest BCUT2D eigenvalue weighted by atomic mass is 9.91. The lowest BCUT2D eigenvalue weighted by molar-refractivity contribution is -0.130. The molecule has 148 valence electrons. The SMILES string of the molecule is CC(=O)N1Cc2ccccc2OC(C2CCCN(Cc3ccncc3C)C2)C1. The van der Waals surface area contributed by atoms with Gasteiger partial charge in [0.1, 0.15) is 11.9 Å². The predicted octanol–water partition coefficient (Wildman–Crippen LogP) is 3.41. The number of piperidine rings is 1. The number of carbonyl (C=O) groups excluding carboxylic acids is 1. The van der Waals surface area contributed by atoms with Gasteiger partial charge >= 0.3 is 0 Å². The molecule has 3 heterocycles. The second-order valence-electron chi connectivity index (χ2n) is 8.10. The Kier molecular flexibility index (Phi) is 5.62. The summed E-state index contributed by atoms with van der Waals surface area (Å²) in [5.41, 5.74) is 3.68. The van der Waals surface area contributed by atoms with Crippen LogP contribution in [0.3, 0.4) is 0 Å². The molecule has 1 amide bonds. The first-order valence-electron chi connectivity index (χ1n) is 10.2. The number of hydrogen-bond acceptors (Lipinski definition) is 4. The number of fused-ring (bicyclic) bond motifs is 1. The van der Waals surface area contributed by atoms with Crippen molar-refractivity contribution in [2.45, 2.75) is 45.9 Å². The molecule has 1 aromatic heterocycles. The van der Waals surface area contributed by atoms with Gasteiger partial charge in [-0.3, -0.25) is 14.7 Å². The highest BCUT2D eigenvalue weighted by Gasteiger charge is 2.33. The van der Waals surface area contributed by atoms with Gasteiger partial charge in [0.05, 0.1) is 6.54 Å². The van der Waals surface area contributed by atoms with Crippen LogP contribution in [0, 0.1) is 12.8 Å². The van der Waals surface area contributed by atoms with Crippen LogP contribution in [0.2, 0.25) is 0 Å². The second kappa shape index (κ2) is 8.31. The molecule has 1 saturated heterocycles. The van der Waals surface area contributed by atoms with Crippen LogP contribution in [0.5, 0.6) is 5.75 Å². The van der Waals surface area contributed by atoms with E-state index in [-0.39, 0.29) is 12.0 Å². The van der Waals surface area contributed by atoms with Crippen LogP contribution in [-0.4, -0.2) is 46.4 Å². The minimum atomic E-state index is 0.0360. The van der Waals surface area contributed by atoms with Gasteiger partial charge in [-0.2, -0.15) is 0 Å². The molecule has 2 atom stereocenters. The first kappa shape index (κ1) is 18.9. The molecule has 0 bridgehead atoms. The number of aromatic nitrogens is 1. The lowest BCUT2D eigenvalue weighted by Crippen LogP contribution is -2.46. The van der Waals surface area contributed by atoms with Crippen LogP contribution in [0.4, 0.5) is 0 Å². The van der Waals surface area contributed by atoms with Crippen molar-refractivity contribution < 1.29 is 9.53 Å². The molecule has 2 aliphatic heterocycles. The van der Waals surface area contributed by atoms with Crippen LogP contribution in [0.25, 0.3) is 0 Å². The topological polar surface area (TPSA) is 45.7 Å². The first-order chi connectivity index (χ1) is 13.6. The third kappa shape index (κ3) is 4.20. The van der Waals surface area contributed by atoms with Crippen LogP contribution in [0.1, 0.15) is 36.5 Å². The normalized spacial score (nSPS) is 22.9. The molecule has 0 spiro atoms. The van der Waals surface area contributed by atoms with E-state index in [0.717, 1.165) is 43.8 Å². The molecule has 1 fully saturated rings. The van der Waals surface area contributed by atoms with Crippen molar-refractivity contribution in [2.75, 3.05) is 19.6 Å². The van der Waals surface area contributed by atoms with E-state index in [1.54, 1.807) is 6.92 Å². The molecule has 0 saturated carbocycles. The minimum Gasteiger partial charge on any atom is -0.488 e. The molecule has 28 heavy (non-hydrogen) atoms. The predicted molar refractivity (Wildman–Crippen MR) is 109 cm³/mol. The maximum atomic E-state index is 12.2. The Bertz CT molecular complexity index is 838. The Morgan fingerprint density at radius 3 is 2.93 bits per heavy atom. The molecule has 5 nitrogen and oxygen atoms in total. The number of amides is 1. The van der Waals surface area contributed by atoms with Gasteiger partial charge in [0.15, 0.2) is 0 Å². The van der Waals surface area contributed by atoms with Crippen molar-refractivity contribution in [3.8, 4) is 5.75 Å². The Morgan fingerprint density at radius 1 is 1.25 bits per heavy atom. The van der Waals surface area contributed by atoms with E-state index in [9.17, 15) is 4.79 Å². The quantitative estimate of drug-likeness (QED) is 0.820. The van der Waals surface area contributed by atoms with Crippen molar-refractivity contribution in [1.29, 1.82) is 0 Å². The Hall–Kier alpha value is -2.40. The highest BCUT2D eigenvalue weighted by molar-refractivity contribution is 5.73. The number of benzene rings is 1. The van der Waals surface area contributed by atoms with Crippen molar-refractivity contribution in [2.24, 2.45) is 5.92 Å². The smallest absolute Gasteiger partial charge is 0.219 e. The van der Waals surface area contributed by atoms with Crippen molar-refractivity contribution in [1.82, 2.24) is 14.8 Å². The van der Waals surface area contributed by atoms with Crippen LogP contribution in [0.15, 0.2) is 42.7 Å². The molecular weight excluding hydrogens is 350 g/mol. The average Bonchev–Trinajstić information content (AvgIpc) is 2.90. The van der Waals surface area contributed by atoms with E-state index in [1.165, 1.54) is 11.1 Å². The Labute approximate surface area is 167 Å². The van der Waals surface area contributed by atoms with Crippen molar-refractivity contribution in [3.05, 3.63) is 59.4 Å². The fraction of sp³-hybridized carbons (Fsp3) is 0.478. The lowest BCUT2D eigenvalue weighted by Gasteiger charge is -2.37. The molecule has 5 heteroatoms. The highest BCUT2D eigenvalue weighted by atomic mass is 16.5. The second-order valence-corrected chi connectivity index (χ2v) is 8.10. The maximum absolute atomic E-state index is 12.2. The van der Waals surface area contributed by atoms with E-state index in [4.69, 9.17) is 4.74 Å². The first-order valence-corrected chi connectivity index (χ1v) is 10.2. The summed E-state index contributed by atoms with van der Waals surface area (Å²) in [4.78, 5) is 20.8. The van der Waals surface area contributed by atoms with Gasteiger partial charge in [0.2, 0.25) is 5.91 Å². The molecule has 0 aliphatic carbocycles. The molecule has 2 unspecified atom stereocenters. The van der Waals surface area contributed by atoms with Gasteiger partial charge in [-0.05, 0) is 49.6 Å². The van der Waals surface area contributed by atoms with Crippen molar-refractivity contribution >= 4 is 5.91 Å².